The van der Waals surface area contributed by atoms with E-state index in [9.17, 15) is 9.59 Å². The molecule has 0 fully saturated rings. The molecule has 0 spiro atoms. The quantitative estimate of drug-likeness (QED) is 0.762. The number of ether oxygens (including phenoxy) is 2. The van der Waals surface area contributed by atoms with Gasteiger partial charge in [0.05, 0.1) is 13.7 Å². The van der Waals surface area contributed by atoms with Crippen LogP contribution in [0.15, 0.2) is 48.5 Å². The molecule has 6 nitrogen and oxygen atoms in total. The number of nitrogens with one attached hydrogen (secondary N) is 2. The van der Waals surface area contributed by atoms with Crippen molar-refractivity contribution >= 4 is 17.5 Å². The van der Waals surface area contributed by atoms with Crippen LogP contribution in [0.4, 0.5) is 5.69 Å². The second-order valence-corrected chi connectivity index (χ2v) is 6.01. The standard InChI is InChI=1S/C20H24N2O4/c1-14(2)15-8-4-5-9-16(15)22-19(23)12-21-20(24)13-26-18-11-7-6-10-17(18)25-3/h4-11,14H,12-13H2,1-3H3,(H,21,24)(H,22,23). The van der Waals surface area contributed by atoms with E-state index in [-0.39, 0.29) is 30.9 Å². The maximum Gasteiger partial charge on any atom is 0.258 e. The summed E-state index contributed by atoms with van der Waals surface area (Å²) in [4.78, 5) is 24.0. The van der Waals surface area contributed by atoms with Gasteiger partial charge in [-0.3, -0.25) is 9.59 Å². The molecule has 0 atom stereocenters. The van der Waals surface area contributed by atoms with Gasteiger partial charge in [0.1, 0.15) is 0 Å². The Morgan fingerprint density at radius 1 is 0.962 bits per heavy atom. The molecule has 0 bridgehead atoms. The summed E-state index contributed by atoms with van der Waals surface area (Å²) in [7, 11) is 1.53. The van der Waals surface area contributed by atoms with E-state index >= 15 is 0 Å². The maximum atomic E-state index is 12.1. The first-order chi connectivity index (χ1) is 12.5. The molecule has 0 aliphatic rings. The highest BCUT2D eigenvalue weighted by Crippen LogP contribution is 2.25. The van der Waals surface area contributed by atoms with Crippen LogP contribution in [-0.2, 0) is 9.59 Å². The number of para-hydroxylation sites is 3. The predicted molar refractivity (Wildman–Crippen MR) is 101 cm³/mol. The Morgan fingerprint density at radius 3 is 2.31 bits per heavy atom. The molecular weight excluding hydrogens is 332 g/mol. The highest BCUT2D eigenvalue weighted by molar-refractivity contribution is 5.95. The van der Waals surface area contributed by atoms with Gasteiger partial charge in [-0.05, 0) is 29.7 Å². The molecule has 0 saturated carbocycles. The Labute approximate surface area is 153 Å². The largest absolute Gasteiger partial charge is 0.493 e. The molecule has 0 aliphatic carbocycles. The summed E-state index contributed by atoms with van der Waals surface area (Å²) < 4.78 is 10.6. The zero-order valence-electron chi connectivity index (χ0n) is 15.2. The van der Waals surface area contributed by atoms with Gasteiger partial charge in [-0.15, -0.1) is 0 Å². The van der Waals surface area contributed by atoms with Gasteiger partial charge < -0.3 is 20.1 Å². The molecule has 26 heavy (non-hydrogen) atoms. The van der Waals surface area contributed by atoms with Crippen molar-refractivity contribution in [2.45, 2.75) is 19.8 Å². The van der Waals surface area contributed by atoms with Gasteiger partial charge in [0.25, 0.3) is 5.91 Å². The first kappa shape index (κ1) is 19.3. The number of benzene rings is 2. The molecule has 0 heterocycles. The van der Waals surface area contributed by atoms with Crippen molar-refractivity contribution in [3.63, 3.8) is 0 Å². The zero-order chi connectivity index (χ0) is 18.9. The van der Waals surface area contributed by atoms with E-state index in [4.69, 9.17) is 9.47 Å². The van der Waals surface area contributed by atoms with Crippen molar-refractivity contribution in [2.75, 3.05) is 25.6 Å². The van der Waals surface area contributed by atoms with Crippen LogP contribution in [-0.4, -0.2) is 32.1 Å². The zero-order valence-corrected chi connectivity index (χ0v) is 15.2. The van der Waals surface area contributed by atoms with Crippen LogP contribution >= 0.6 is 0 Å². The van der Waals surface area contributed by atoms with Crippen molar-refractivity contribution < 1.29 is 19.1 Å². The normalized spacial score (nSPS) is 10.3. The summed E-state index contributed by atoms with van der Waals surface area (Å²) in [5.74, 6) is 0.631. The lowest BCUT2D eigenvalue weighted by Gasteiger charge is -2.14. The molecule has 138 valence electrons. The third-order valence-electron chi connectivity index (χ3n) is 3.73. The number of carbonyl (C=O) groups excluding carboxylic acids is 2. The Kier molecular flexibility index (Phi) is 7.02. The van der Waals surface area contributed by atoms with Gasteiger partial charge in [-0.25, -0.2) is 0 Å². The number of carbonyl (C=O) groups is 2. The van der Waals surface area contributed by atoms with E-state index in [1.54, 1.807) is 18.2 Å². The van der Waals surface area contributed by atoms with Crippen molar-refractivity contribution in [3.8, 4) is 11.5 Å². The highest BCUT2D eigenvalue weighted by Gasteiger charge is 2.11. The van der Waals surface area contributed by atoms with Gasteiger partial charge in [0.15, 0.2) is 18.1 Å². The van der Waals surface area contributed by atoms with Crippen LogP contribution in [0.5, 0.6) is 11.5 Å². The third-order valence-corrected chi connectivity index (χ3v) is 3.73. The number of rotatable bonds is 8. The molecule has 6 heteroatoms. The van der Waals surface area contributed by atoms with Crippen LogP contribution in [0, 0.1) is 0 Å². The summed E-state index contributed by atoms with van der Waals surface area (Å²) in [5, 5.41) is 5.37. The molecular formula is C20H24N2O4. The molecule has 0 saturated heterocycles. The third kappa shape index (κ3) is 5.51. The molecule has 2 amide bonds. The molecule has 0 radical (unpaired) electrons. The van der Waals surface area contributed by atoms with E-state index in [0.29, 0.717) is 11.5 Å². The first-order valence-electron chi connectivity index (χ1n) is 8.42. The van der Waals surface area contributed by atoms with Crippen LogP contribution < -0.4 is 20.1 Å². The highest BCUT2D eigenvalue weighted by atomic mass is 16.5. The van der Waals surface area contributed by atoms with Crippen molar-refractivity contribution in [1.82, 2.24) is 5.32 Å². The molecule has 2 rings (SSSR count). The smallest absolute Gasteiger partial charge is 0.258 e. The molecule has 0 unspecified atom stereocenters. The maximum absolute atomic E-state index is 12.1. The minimum Gasteiger partial charge on any atom is -0.493 e. The average molecular weight is 356 g/mol. The second-order valence-electron chi connectivity index (χ2n) is 6.01. The van der Waals surface area contributed by atoms with Crippen LogP contribution in [0.3, 0.4) is 0 Å². The number of anilines is 1. The molecule has 2 aromatic rings. The predicted octanol–water partition coefficient (Wildman–Crippen LogP) is 2.95. The first-order valence-corrected chi connectivity index (χ1v) is 8.42. The lowest BCUT2D eigenvalue weighted by molar-refractivity contribution is -0.125. The minimum atomic E-state index is -0.386. The minimum absolute atomic E-state index is 0.124. The average Bonchev–Trinajstić information content (AvgIpc) is 2.65. The Balaban J connectivity index is 1.81. The van der Waals surface area contributed by atoms with Gasteiger partial charge in [-0.1, -0.05) is 44.2 Å². The molecule has 0 aromatic heterocycles. The van der Waals surface area contributed by atoms with Crippen molar-refractivity contribution in [3.05, 3.63) is 54.1 Å². The Hall–Kier alpha value is -3.02. The van der Waals surface area contributed by atoms with Gasteiger partial charge in [-0.2, -0.15) is 0 Å². The SMILES string of the molecule is COc1ccccc1OCC(=O)NCC(=O)Nc1ccccc1C(C)C. The fraction of sp³-hybridized carbons (Fsp3) is 0.300. The number of hydrogen-bond acceptors (Lipinski definition) is 4. The Morgan fingerprint density at radius 2 is 1.62 bits per heavy atom. The van der Waals surface area contributed by atoms with Crippen molar-refractivity contribution in [1.29, 1.82) is 0 Å². The summed E-state index contributed by atoms with van der Waals surface area (Å²) >= 11 is 0. The van der Waals surface area contributed by atoms with E-state index in [1.807, 2.05) is 30.3 Å². The summed E-state index contributed by atoms with van der Waals surface area (Å²) in [6, 6.07) is 14.7. The molecule has 2 aromatic carbocycles. The van der Waals surface area contributed by atoms with E-state index in [1.165, 1.54) is 7.11 Å². The summed E-state index contributed by atoms with van der Waals surface area (Å²) in [6.45, 7) is 3.79. The summed E-state index contributed by atoms with van der Waals surface area (Å²) in [5.41, 5.74) is 1.80. The number of amides is 2. The topological polar surface area (TPSA) is 76.7 Å². The second kappa shape index (κ2) is 9.46. The van der Waals surface area contributed by atoms with E-state index in [0.717, 1.165) is 11.3 Å². The van der Waals surface area contributed by atoms with Crippen LogP contribution in [0.2, 0.25) is 0 Å². The summed E-state index contributed by atoms with van der Waals surface area (Å²) in [6.07, 6.45) is 0. The van der Waals surface area contributed by atoms with E-state index < -0.39 is 0 Å². The van der Waals surface area contributed by atoms with Gasteiger partial charge >= 0.3 is 0 Å². The Bertz CT molecular complexity index is 759. The molecule has 2 N–H and O–H groups in total. The van der Waals surface area contributed by atoms with Gasteiger partial charge in [0, 0.05) is 5.69 Å². The van der Waals surface area contributed by atoms with E-state index in [2.05, 4.69) is 24.5 Å². The van der Waals surface area contributed by atoms with Crippen molar-refractivity contribution in [2.24, 2.45) is 0 Å². The number of methoxy groups -OCH3 is 1. The fourth-order valence-corrected chi connectivity index (χ4v) is 2.42. The monoisotopic (exact) mass is 356 g/mol. The van der Waals surface area contributed by atoms with Crippen LogP contribution in [0.25, 0.3) is 0 Å². The van der Waals surface area contributed by atoms with Gasteiger partial charge in [0.2, 0.25) is 5.91 Å². The number of hydrogen-bond donors (Lipinski definition) is 2. The lowest BCUT2D eigenvalue weighted by Crippen LogP contribution is -2.36. The lowest BCUT2D eigenvalue weighted by atomic mass is 10.0. The fourth-order valence-electron chi connectivity index (χ4n) is 2.42. The van der Waals surface area contributed by atoms with Crippen LogP contribution in [0.1, 0.15) is 25.3 Å². The molecule has 0 aliphatic heterocycles.